The largest absolute Gasteiger partial charge is 0.340 e. The molecule has 0 atom stereocenters. The predicted molar refractivity (Wildman–Crippen MR) is 141 cm³/mol. The molecule has 8 nitrogen and oxygen atoms in total. The number of amides is 2. The number of para-hydroxylation sites is 3. The van der Waals surface area contributed by atoms with Gasteiger partial charge in [-0.3, -0.25) is 25.0 Å². The van der Waals surface area contributed by atoms with E-state index in [1.165, 1.54) is 30.3 Å². The average Bonchev–Trinajstić information content (AvgIpc) is 3.13. The molecule has 184 valence electrons. The topological polar surface area (TPSA) is 97.5 Å². The summed E-state index contributed by atoms with van der Waals surface area (Å²) in [4.78, 5) is 38.4. The van der Waals surface area contributed by atoms with Crippen molar-refractivity contribution < 1.29 is 18.9 Å². The summed E-state index contributed by atoms with van der Waals surface area (Å²) >= 11 is 5.17. The number of nitro benzene ring substituents is 1. The standard InChI is InChI=1S/C27H19FN4O4S/c1-16-19(14-20-25(33)29-27(37)31(26(20)34)24-13-7-4-10-21(24)28)18-9-3-6-12-23(18)30(16)15-17-8-2-5-11-22(17)32(35)36/h2-14H,15H2,1H3,(H,29,33,37). The fraction of sp³-hybridized carbons (Fsp3) is 0.0741. The third-order valence-corrected chi connectivity index (χ3v) is 6.56. The maximum absolute atomic E-state index is 14.5. The Labute approximate surface area is 215 Å². The number of nitrogens with one attached hydrogen (secondary N) is 1. The highest BCUT2D eigenvalue weighted by Crippen LogP contribution is 2.32. The van der Waals surface area contributed by atoms with Gasteiger partial charge >= 0.3 is 0 Å². The van der Waals surface area contributed by atoms with Gasteiger partial charge in [-0.05, 0) is 43.4 Å². The number of carbonyl (C=O) groups excluding carboxylic acids is 2. The number of anilines is 1. The summed E-state index contributed by atoms with van der Waals surface area (Å²) in [6, 6.07) is 19.5. The Kier molecular flexibility index (Phi) is 6.10. The summed E-state index contributed by atoms with van der Waals surface area (Å²) < 4.78 is 16.4. The number of halogens is 1. The minimum Gasteiger partial charge on any atom is -0.340 e. The first-order valence-corrected chi connectivity index (χ1v) is 11.6. The smallest absolute Gasteiger partial charge is 0.274 e. The summed E-state index contributed by atoms with van der Waals surface area (Å²) in [7, 11) is 0. The van der Waals surface area contributed by atoms with Crippen LogP contribution in [0.4, 0.5) is 15.8 Å². The second kappa shape index (κ2) is 9.40. The molecule has 1 aliphatic heterocycles. The Bertz CT molecular complexity index is 1660. The number of hydrogen-bond donors (Lipinski definition) is 1. The highest BCUT2D eigenvalue weighted by Gasteiger charge is 2.36. The fourth-order valence-corrected chi connectivity index (χ4v) is 4.76. The van der Waals surface area contributed by atoms with Gasteiger partial charge in [0.2, 0.25) is 0 Å². The Morgan fingerprint density at radius 1 is 1.03 bits per heavy atom. The van der Waals surface area contributed by atoms with E-state index in [0.29, 0.717) is 16.8 Å². The molecule has 1 aliphatic rings. The number of aromatic nitrogens is 1. The molecule has 1 fully saturated rings. The van der Waals surface area contributed by atoms with Crippen LogP contribution in [0.5, 0.6) is 0 Å². The third-order valence-electron chi connectivity index (χ3n) is 6.28. The molecule has 10 heteroatoms. The molecule has 3 aromatic carbocycles. The first-order chi connectivity index (χ1) is 17.8. The molecule has 1 aromatic heterocycles. The number of nitro groups is 1. The van der Waals surface area contributed by atoms with Crippen LogP contribution in [0.15, 0.2) is 78.4 Å². The van der Waals surface area contributed by atoms with E-state index in [2.05, 4.69) is 5.32 Å². The minimum atomic E-state index is -0.756. The van der Waals surface area contributed by atoms with Crippen LogP contribution in [0, 0.1) is 22.9 Å². The maximum atomic E-state index is 14.5. The molecule has 2 amide bonds. The summed E-state index contributed by atoms with van der Waals surface area (Å²) in [6.45, 7) is 2.02. The quantitative estimate of drug-likeness (QED) is 0.135. The van der Waals surface area contributed by atoms with E-state index in [0.717, 1.165) is 15.8 Å². The molecule has 2 heterocycles. The van der Waals surface area contributed by atoms with Crippen molar-refractivity contribution in [2.75, 3.05) is 4.90 Å². The van der Waals surface area contributed by atoms with Gasteiger partial charge in [0.1, 0.15) is 11.4 Å². The van der Waals surface area contributed by atoms with Crippen LogP contribution in [0.1, 0.15) is 16.8 Å². The normalized spacial score (nSPS) is 14.9. The molecule has 0 unspecified atom stereocenters. The van der Waals surface area contributed by atoms with Crippen LogP contribution < -0.4 is 10.2 Å². The average molecular weight is 515 g/mol. The lowest BCUT2D eigenvalue weighted by Gasteiger charge is -2.29. The zero-order chi connectivity index (χ0) is 26.3. The number of thiocarbonyl (C=S) groups is 1. The number of benzene rings is 3. The van der Waals surface area contributed by atoms with E-state index in [4.69, 9.17) is 12.2 Å². The molecular formula is C27H19FN4O4S. The van der Waals surface area contributed by atoms with E-state index in [-0.39, 0.29) is 28.6 Å². The molecule has 1 saturated heterocycles. The lowest BCUT2D eigenvalue weighted by Crippen LogP contribution is -2.54. The van der Waals surface area contributed by atoms with Crippen molar-refractivity contribution in [2.45, 2.75) is 13.5 Å². The van der Waals surface area contributed by atoms with Gasteiger partial charge in [0.15, 0.2) is 5.11 Å². The van der Waals surface area contributed by atoms with Gasteiger partial charge in [-0.15, -0.1) is 0 Å². The van der Waals surface area contributed by atoms with E-state index >= 15 is 0 Å². The zero-order valence-corrected chi connectivity index (χ0v) is 20.3. The molecular weight excluding hydrogens is 495 g/mol. The molecule has 0 radical (unpaired) electrons. The zero-order valence-electron chi connectivity index (χ0n) is 19.5. The molecule has 5 rings (SSSR count). The molecule has 1 N–H and O–H groups in total. The fourth-order valence-electron chi connectivity index (χ4n) is 4.49. The van der Waals surface area contributed by atoms with Crippen molar-refractivity contribution in [3.05, 3.63) is 111 Å². The van der Waals surface area contributed by atoms with Crippen LogP contribution >= 0.6 is 12.2 Å². The van der Waals surface area contributed by atoms with Crippen molar-refractivity contribution in [1.29, 1.82) is 0 Å². The van der Waals surface area contributed by atoms with Crippen LogP contribution in [0.3, 0.4) is 0 Å². The summed E-state index contributed by atoms with van der Waals surface area (Å²) in [5.74, 6) is -2.11. The summed E-state index contributed by atoms with van der Waals surface area (Å²) in [5.41, 5.74) is 2.28. The Morgan fingerprint density at radius 3 is 2.46 bits per heavy atom. The van der Waals surface area contributed by atoms with Crippen molar-refractivity contribution in [3.8, 4) is 0 Å². The van der Waals surface area contributed by atoms with Crippen molar-refractivity contribution in [1.82, 2.24) is 9.88 Å². The molecule has 4 aromatic rings. The lowest BCUT2D eigenvalue weighted by atomic mass is 10.0. The minimum absolute atomic E-state index is 0.00420. The number of carbonyl (C=O) groups is 2. The SMILES string of the molecule is Cc1c(C=C2C(=O)NC(=S)N(c3ccccc3F)C2=O)c2ccccc2n1Cc1ccccc1[N+](=O)[O-]. The Hall–Kier alpha value is -4.70. The van der Waals surface area contributed by atoms with Crippen molar-refractivity contribution in [3.63, 3.8) is 0 Å². The molecule has 0 bridgehead atoms. The molecule has 0 aliphatic carbocycles. The predicted octanol–water partition coefficient (Wildman–Crippen LogP) is 4.88. The van der Waals surface area contributed by atoms with Gasteiger partial charge in [-0.2, -0.15) is 0 Å². The van der Waals surface area contributed by atoms with Gasteiger partial charge in [-0.1, -0.05) is 48.5 Å². The summed E-state index contributed by atoms with van der Waals surface area (Å²) in [5, 5.41) is 14.6. The summed E-state index contributed by atoms with van der Waals surface area (Å²) in [6.07, 6.45) is 1.46. The van der Waals surface area contributed by atoms with Gasteiger partial charge in [0.25, 0.3) is 17.5 Å². The first kappa shape index (κ1) is 24.0. The second-order valence-electron chi connectivity index (χ2n) is 8.40. The van der Waals surface area contributed by atoms with Crippen molar-refractivity contribution in [2.24, 2.45) is 0 Å². The lowest BCUT2D eigenvalue weighted by molar-refractivity contribution is -0.385. The van der Waals surface area contributed by atoms with Crippen LogP contribution in [0.25, 0.3) is 17.0 Å². The van der Waals surface area contributed by atoms with Crippen LogP contribution in [0.2, 0.25) is 0 Å². The van der Waals surface area contributed by atoms with Crippen LogP contribution in [-0.4, -0.2) is 26.4 Å². The highest BCUT2D eigenvalue weighted by atomic mass is 32.1. The van der Waals surface area contributed by atoms with Gasteiger partial charge < -0.3 is 4.57 Å². The highest BCUT2D eigenvalue weighted by molar-refractivity contribution is 7.80. The maximum Gasteiger partial charge on any atom is 0.274 e. The second-order valence-corrected chi connectivity index (χ2v) is 8.78. The van der Waals surface area contributed by atoms with Crippen molar-refractivity contribution >= 4 is 57.5 Å². The van der Waals surface area contributed by atoms with E-state index < -0.39 is 22.6 Å². The first-order valence-electron chi connectivity index (χ1n) is 11.2. The van der Waals surface area contributed by atoms with Gasteiger partial charge in [-0.25, -0.2) is 9.29 Å². The third kappa shape index (κ3) is 4.17. The molecule has 0 spiro atoms. The van der Waals surface area contributed by atoms with Gasteiger partial charge in [0, 0.05) is 33.8 Å². The number of nitrogens with zero attached hydrogens (tertiary/aromatic N) is 3. The monoisotopic (exact) mass is 514 g/mol. The Balaban J connectivity index is 1.64. The van der Waals surface area contributed by atoms with E-state index in [1.807, 2.05) is 35.8 Å². The number of hydrogen-bond acceptors (Lipinski definition) is 5. The molecule has 37 heavy (non-hydrogen) atoms. The Morgan fingerprint density at radius 2 is 1.70 bits per heavy atom. The number of rotatable bonds is 5. The van der Waals surface area contributed by atoms with E-state index in [1.54, 1.807) is 24.3 Å². The van der Waals surface area contributed by atoms with Crippen LogP contribution in [-0.2, 0) is 16.1 Å². The number of fused-ring (bicyclic) bond motifs is 1. The molecule has 0 saturated carbocycles. The van der Waals surface area contributed by atoms with E-state index in [9.17, 15) is 24.1 Å². The van der Waals surface area contributed by atoms with Gasteiger partial charge in [0.05, 0.1) is 17.2 Å².